The third kappa shape index (κ3) is 4.20. The molecule has 3 fully saturated rings. The molecule has 8 heteroatoms. The Morgan fingerprint density at radius 2 is 1.94 bits per heavy atom. The van der Waals surface area contributed by atoms with E-state index in [2.05, 4.69) is 36.1 Å². The summed E-state index contributed by atoms with van der Waals surface area (Å²) in [5, 5.41) is 3.06. The molecule has 0 spiro atoms. The molecule has 2 aliphatic carbocycles. The summed E-state index contributed by atoms with van der Waals surface area (Å²) >= 11 is 0. The van der Waals surface area contributed by atoms with Gasteiger partial charge in [0.15, 0.2) is 0 Å². The van der Waals surface area contributed by atoms with E-state index in [1.54, 1.807) is 0 Å². The highest BCUT2D eigenvalue weighted by atomic mass is 16.2. The van der Waals surface area contributed by atoms with Gasteiger partial charge in [0.05, 0.1) is 22.9 Å². The van der Waals surface area contributed by atoms with Crippen LogP contribution in [0.4, 0.5) is 5.69 Å². The lowest BCUT2D eigenvalue weighted by atomic mass is 9.81. The number of rotatable bonds is 6. The molecule has 4 heterocycles. The Bertz CT molecular complexity index is 1300. The normalized spacial score (nSPS) is 22.4. The molecule has 0 radical (unpaired) electrons. The first-order chi connectivity index (χ1) is 17.1. The number of nitrogens with one attached hydrogen (secondary N) is 2. The summed E-state index contributed by atoms with van der Waals surface area (Å²) in [4.78, 5) is 41.7. The number of piperazine rings is 1. The zero-order chi connectivity index (χ0) is 23.9. The number of amides is 1. The van der Waals surface area contributed by atoms with Crippen LogP contribution in [-0.4, -0.2) is 57.0 Å². The van der Waals surface area contributed by atoms with Crippen LogP contribution in [0.3, 0.4) is 0 Å². The number of hydrogen-bond donors (Lipinski definition) is 2. The van der Waals surface area contributed by atoms with Gasteiger partial charge in [-0.1, -0.05) is 6.92 Å². The number of pyridine rings is 3. The van der Waals surface area contributed by atoms with Crippen LogP contribution in [0.5, 0.6) is 0 Å². The first-order valence-corrected chi connectivity index (χ1v) is 12.9. The summed E-state index contributed by atoms with van der Waals surface area (Å²) in [6.45, 7) is 4.69. The fraction of sp³-hybridized carbons (Fsp3) is 0.481. The van der Waals surface area contributed by atoms with Crippen molar-refractivity contribution in [1.29, 1.82) is 0 Å². The van der Waals surface area contributed by atoms with Gasteiger partial charge in [-0.2, -0.15) is 0 Å². The molecular formula is C27H32N6O2. The molecule has 6 rings (SSSR count). The predicted octanol–water partition coefficient (Wildman–Crippen LogP) is 3.02. The number of aromatic amines is 1. The minimum atomic E-state index is -0.0659. The molecule has 2 atom stereocenters. The maximum atomic E-state index is 12.4. The fourth-order valence-corrected chi connectivity index (χ4v) is 5.59. The number of H-pyrrole nitrogens is 1. The van der Waals surface area contributed by atoms with Crippen LogP contribution in [0.1, 0.15) is 60.6 Å². The Kier molecular flexibility index (Phi) is 5.76. The van der Waals surface area contributed by atoms with Crippen LogP contribution in [0.25, 0.3) is 11.0 Å². The molecule has 0 aromatic carbocycles. The van der Waals surface area contributed by atoms with E-state index in [1.165, 1.54) is 12.8 Å². The molecule has 3 aromatic heterocycles. The van der Waals surface area contributed by atoms with Crippen molar-refractivity contribution in [3.8, 4) is 0 Å². The molecule has 182 valence electrons. The molecule has 1 amide bonds. The van der Waals surface area contributed by atoms with Gasteiger partial charge in [-0.05, 0) is 68.4 Å². The number of aryl methyl sites for hydroxylation is 1. The topological polar surface area (TPSA) is 94.2 Å². The van der Waals surface area contributed by atoms with Crippen molar-refractivity contribution in [3.63, 3.8) is 0 Å². The molecular weight excluding hydrogens is 440 g/mol. The van der Waals surface area contributed by atoms with Gasteiger partial charge >= 0.3 is 0 Å². The molecule has 3 aromatic rings. The molecule has 1 saturated heterocycles. The van der Waals surface area contributed by atoms with Gasteiger partial charge in [-0.3, -0.25) is 19.5 Å². The Labute approximate surface area is 204 Å². The van der Waals surface area contributed by atoms with Crippen molar-refractivity contribution in [2.45, 2.75) is 70.1 Å². The van der Waals surface area contributed by atoms with E-state index in [9.17, 15) is 9.59 Å². The molecule has 35 heavy (non-hydrogen) atoms. The highest BCUT2D eigenvalue weighted by molar-refractivity contribution is 5.92. The number of carbonyl (C=O) groups is 1. The van der Waals surface area contributed by atoms with E-state index < -0.39 is 0 Å². The van der Waals surface area contributed by atoms with Crippen molar-refractivity contribution in [2.24, 2.45) is 0 Å². The van der Waals surface area contributed by atoms with Crippen molar-refractivity contribution < 1.29 is 4.79 Å². The quantitative estimate of drug-likeness (QED) is 0.573. The monoisotopic (exact) mass is 472 g/mol. The van der Waals surface area contributed by atoms with Gasteiger partial charge in [0, 0.05) is 49.5 Å². The number of carbonyl (C=O) groups excluding carboxylic acids is 1. The highest BCUT2D eigenvalue weighted by Gasteiger charge is 2.43. The lowest BCUT2D eigenvalue weighted by Gasteiger charge is -2.54. The summed E-state index contributed by atoms with van der Waals surface area (Å²) in [5.41, 5.74) is 5.11. The number of nitrogens with zero attached hydrogens (tertiary/aromatic N) is 4. The van der Waals surface area contributed by atoms with Crippen molar-refractivity contribution >= 4 is 22.6 Å². The predicted molar refractivity (Wildman–Crippen MR) is 136 cm³/mol. The average Bonchev–Trinajstić information content (AvgIpc) is 2.82. The van der Waals surface area contributed by atoms with E-state index in [4.69, 9.17) is 0 Å². The Morgan fingerprint density at radius 3 is 2.63 bits per heavy atom. The molecule has 0 bridgehead atoms. The summed E-state index contributed by atoms with van der Waals surface area (Å²) < 4.78 is 0. The zero-order valence-electron chi connectivity index (χ0n) is 20.2. The van der Waals surface area contributed by atoms with E-state index in [1.807, 2.05) is 37.5 Å². The zero-order valence-corrected chi connectivity index (χ0v) is 20.2. The lowest BCUT2D eigenvalue weighted by molar-refractivity contribution is 0.0658. The van der Waals surface area contributed by atoms with Gasteiger partial charge in [-0.15, -0.1) is 0 Å². The van der Waals surface area contributed by atoms with Crippen LogP contribution in [0.15, 0.2) is 41.5 Å². The van der Waals surface area contributed by atoms with Crippen LogP contribution in [0.2, 0.25) is 0 Å². The highest BCUT2D eigenvalue weighted by Crippen LogP contribution is 2.37. The van der Waals surface area contributed by atoms with E-state index in [-0.39, 0.29) is 11.5 Å². The molecule has 2 N–H and O–H groups in total. The lowest BCUT2D eigenvalue weighted by Crippen LogP contribution is -2.64. The van der Waals surface area contributed by atoms with E-state index in [0.717, 1.165) is 66.7 Å². The van der Waals surface area contributed by atoms with Crippen molar-refractivity contribution in [3.05, 3.63) is 63.8 Å². The van der Waals surface area contributed by atoms with E-state index in [0.29, 0.717) is 30.2 Å². The largest absolute Gasteiger partial charge is 0.364 e. The second-order valence-electron chi connectivity index (χ2n) is 10.1. The Balaban J connectivity index is 1.12. The second kappa shape index (κ2) is 9.07. The fourth-order valence-electron chi connectivity index (χ4n) is 5.59. The third-order valence-electron chi connectivity index (χ3n) is 8.04. The van der Waals surface area contributed by atoms with Crippen LogP contribution in [0, 0.1) is 0 Å². The first-order valence-electron chi connectivity index (χ1n) is 12.9. The van der Waals surface area contributed by atoms with Gasteiger partial charge in [0.2, 0.25) is 0 Å². The third-order valence-corrected chi connectivity index (χ3v) is 8.04. The summed E-state index contributed by atoms with van der Waals surface area (Å²) in [6, 6.07) is 9.13. The Hall–Kier alpha value is -3.26. The maximum Gasteiger partial charge on any atom is 0.270 e. The standard InChI is InChI=1S/C27H32N6O2/c1-2-18-13-22-23(31-26(18)34)12-17(14-28-22)16-32-10-11-33(25-9-8-24(25)32)20-6-7-21(29-15-20)27(35)30-19-4-3-5-19/h6-7,12-15,19,24-25H,2-5,8-11,16H2,1H3,(H,30,35)(H,31,34)/t24-,25+/m1/s1. The second-order valence-corrected chi connectivity index (χ2v) is 10.1. The number of fused-ring (bicyclic) bond motifs is 2. The van der Waals surface area contributed by atoms with E-state index >= 15 is 0 Å². The Morgan fingerprint density at radius 1 is 1.09 bits per heavy atom. The summed E-state index contributed by atoms with van der Waals surface area (Å²) in [6.07, 6.45) is 10.2. The van der Waals surface area contributed by atoms with Crippen LogP contribution in [-0.2, 0) is 13.0 Å². The first kappa shape index (κ1) is 22.2. The van der Waals surface area contributed by atoms with Crippen molar-refractivity contribution in [2.75, 3.05) is 18.0 Å². The molecule has 3 aliphatic rings. The molecule has 2 saturated carbocycles. The van der Waals surface area contributed by atoms with Gasteiger partial charge in [-0.25, -0.2) is 4.98 Å². The van der Waals surface area contributed by atoms with Crippen LogP contribution < -0.4 is 15.8 Å². The summed E-state index contributed by atoms with van der Waals surface area (Å²) in [5.74, 6) is -0.0659. The SMILES string of the molecule is CCc1cc2ncc(CN3CCN(c4ccc(C(=O)NC5CCC5)nc4)[C@H]4CC[C@H]43)cc2[nH]c1=O. The van der Waals surface area contributed by atoms with Gasteiger partial charge in [0.1, 0.15) is 5.69 Å². The molecule has 1 aliphatic heterocycles. The molecule has 8 nitrogen and oxygen atoms in total. The van der Waals surface area contributed by atoms with Gasteiger partial charge in [0.25, 0.3) is 11.5 Å². The van der Waals surface area contributed by atoms with Gasteiger partial charge < -0.3 is 15.2 Å². The minimum absolute atomic E-state index is 0.0215. The van der Waals surface area contributed by atoms with Crippen LogP contribution >= 0.6 is 0 Å². The summed E-state index contributed by atoms with van der Waals surface area (Å²) in [7, 11) is 0. The maximum absolute atomic E-state index is 12.4. The van der Waals surface area contributed by atoms with Crippen molar-refractivity contribution in [1.82, 2.24) is 25.2 Å². The number of aromatic nitrogens is 3. The smallest absolute Gasteiger partial charge is 0.270 e. The molecule has 0 unspecified atom stereocenters. The minimum Gasteiger partial charge on any atom is -0.364 e. The average molecular weight is 473 g/mol. The number of hydrogen-bond acceptors (Lipinski definition) is 6. The number of anilines is 1.